The fourth-order valence-electron chi connectivity index (χ4n) is 4.74. The van der Waals surface area contributed by atoms with Crippen LogP contribution in [0.15, 0.2) is 64.3 Å². The van der Waals surface area contributed by atoms with E-state index in [2.05, 4.69) is 30.6 Å². The molecule has 4 aromatic heterocycles. The van der Waals surface area contributed by atoms with Gasteiger partial charge in [-0.05, 0) is 76.2 Å². The maximum absolute atomic E-state index is 13.1. The van der Waals surface area contributed by atoms with Crippen molar-refractivity contribution >= 4 is 27.3 Å². The quantitative estimate of drug-likeness (QED) is 0.291. The molecule has 1 N–H and O–H groups in total. The summed E-state index contributed by atoms with van der Waals surface area (Å²) >= 11 is 0. The van der Waals surface area contributed by atoms with Crippen LogP contribution in [0.25, 0.3) is 16.9 Å². The number of pyridine rings is 1. The predicted octanol–water partition coefficient (Wildman–Crippen LogP) is 3.65. The Kier molecular flexibility index (Phi) is 6.53. The minimum Gasteiger partial charge on any atom is -0.492 e. The summed E-state index contributed by atoms with van der Waals surface area (Å²) in [6.45, 7) is 7.05. The number of hydrogen-bond donors (Lipinski definition) is 1. The van der Waals surface area contributed by atoms with Gasteiger partial charge in [0.1, 0.15) is 18.1 Å². The molecule has 0 bridgehead atoms. The largest absolute Gasteiger partial charge is 0.492 e. The van der Waals surface area contributed by atoms with Crippen molar-refractivity contribution in [2.75, 3.05) is 31.6 Å². The Hall–Kier alpha value is -4.23. The zero-order chi connectivity index (χ0) is 27.0. The maximum atomic E-state index is 13.1. The number of benzene rings is 1. The number of rotatable bonds is 9. The molecule has 0 atom stereocenters. The van der Waals surface area contributed by atoms with Gasteiger partial charge in [-0.25, -0.2) is 4.52 Å². The van der Waals surface area contributed by atoms with E-state index in [9.17, 15) is 8.42 Å². The first-order valence-corrected chi connectivity index (χ1v) is 14.1. The second-order valence-electron chi connectivity index (χ2n) is 9.42. The van der Waals surface area contributed by atoms with E-state index in [1.807, 2.05) is 42.5 Å². The Labute approximate surface area is 225 Å². The summed E-state index contributed by atoms with van der Waals surface area (Å²) < 4.78 is 39.8. The molecule has 5 aromatic rings. The Morgan fingerprint density at radius 1 is 1.08 bits per heavy atom. The fraction of sp³-hybridized carbons (Fsp3) is 0.308. The van der Waals surface area contributed by atoms with E-state index in [1.165, 1.54) is 25.2 Å². The Morgan fingerprint density at radius 3 is 2.62 bits per heavy atom. The second-order valence-corrected chi connectivity index (χ2v) is 11.2. The van der Waals surface area contributed by atoms with Gasteiger partial charge in [-0.1, -0.05) is 11.2 Å². The molecule has 0 amide bonds. The van der Waals surface area contributed by atoms with Crippen molar-refractivity contribution in [3.05, 3.63) is 66.3 Å². The van der Waals surface area contributed by atoms with Gasteiger partial charge in [0.05, 0.1) is 18.1 Å². The topological polar surface area (TPSA) is 133 Å². The number of nitrogens with zero attached hydrogens (tertiary/aromatic N) is 7. The molecule has 1 fully saturated rings. The molecule has 6 rings (SSSR count). The minimum absolute atomic E-state index is 0.00520. The van der Waals surface area contributed by atoms with Gasteiger partial charge in [-0.3, -0.25) is 4.90 Å². The molecular weight excluding hydrogens is 520 g/mol. The molecule has 1 aliphatic rings. The number of fused-ring (bicyclic) bond motifs is 1. The van der Waals surface area contributed by atoms with Gasteiger partial charge in [0.15, 0.2) is 16.3 Å². The van der Waals surface area contributed by atoms with Gasteiger partial charge < -0.3 is 14.6 Å². The smallest absolute Gasteiger partial charge is 0.288 e. The zero-order valence-corrected chi connectivity index (χ0v) is 22.4. The van der Waals surface area contributed by atoms with Crippen LogP contribution < -0.4 is 10.1 Å². The number of nitrogens with one attached hydrogen (secondary N) is 1. The molecule has 0 saturated carbocycles. The van der Waals surface area contributed by atoms with Crippen LogP contribution in [0.2, 0.25) is 0 Å². The van der Waals surface area contributed by atoms with Crippen LogP contribution in [0, 0.1) is 13.8 Å². The van der Waals surface area contributed by atoms with Crippen LogP contribution in [0.3, 0.4) is 0 Å². The molecule has 0 radical (unpaired) electrons. The molecule has 12 nitrogen and oxygen atoms in total. The van der Waals surface area contributed by atoms with Gasteiger partial charge in [-0.2, -0.15) is 22.6 Å². The summed E-state index contributed by atoms with van der Waals surface area (Å²) in [5.41, 5.74) is 2.88. The summed E-state index contributed by atoms with van der Waals surface area (Å²) in [7, 11) is -3.97. The van der Waals surface area contributed by atoms with Crippen molar-refractivity contribution in [1.82, 2.24) is 33.8 Å². The van der Waals surface area contributed by atoms with Crippen molar-refractivity contribution in [3.8, 4) is 17.0 Å². The Morgan fingerprint density at radius 2 is 1.87 bits per heavy atom. The number of ether oxygens (including phenoxy) is 1. The van der Waals surface area contributed by atoms with Gasteiger partial charge in [-0.15, -0.1) is 5.10 Å². The van der Waals surface area contributed by atoms with E-state index in [0.29, 0.717) is 29.5 Å². The molecule has 0 unspecified atom stereocenters. The maximum Gasteiger partial charge on any atom is 0.288 e. The molecule has 5 heterocycles. The van der Waals surface area contributed by atoms with Crippen LogP contribution in [0.4, 0.5) is 11.6 Å². The average molecular weight is 549 g/mol. The summed E-state index contributed by atoms with van der Waals surface area (Å²) in [6.07, 6.45) is 5.46. The summed E-state index contributed by atoms with van der Waals surface area (Å²) in [6, 6.07) is 13.1. The highest BCUT2D eigenvalue weighted by molar-refractivity contribution is 7.90. The highest BCUT2D eigenvalue weighted by Crippen LogP contribution is 2.26. The van der Waals surface area contributed by atoms with Crippen LogP contribution in [0.1, 0.15) is 24.3 Å². The van der Waals surface area contributed by atoms with E-state index < -0.39 is 10.0 Å². The number of aromatic nitrogens is 6. The Bertz CT molecular complexity index is 1700. The molecule has 0 spiro atoms. The standard InChI is InChI=1S/C26H28N8O4S/c1-18-25(19(2)38-31-18)39(35,36)33-17-20(16-27-33)23-6-5-7-24-29-26(30-34(23)24)28-21-8-10-22(11-9-21)37-15-14-32-12-3-4-13-32/h5-11,16-17H,3-4,12-15H2,1-2H3,(H,28,30). The van der Waals surface area contributed by atoms with Gasteiger partial charge in [0.2, 0.25) is 5.95 Å². The lowest BCUT2D eigenvalue weighted by Crippen LogP contribution is -2.25. The molecule has 202 valence electrons. The molecule has 1 aliphatic heterocycles. The third-order valence-electron chi connectivity index (χ3n) is 6.67. The fourth-order valence-corrected chi connectivity index (χ4v) is 6.17. The van der Waals surface area contributed by atoms with Crippen molar-refractivity contribution in [2.24, 2.45) is 0 Å². The molecular formula is C26H28N8O4S. The average Bonchev–Trinajstić information content (AvgIpc) is 3.72. The van der Waals surface area contributed by atoms with Crippen molar-refractivity contribution < 1.29 is 17.7 Å². The van der Waals surface area contributed by atoms with E-state index in [0.717, 1.165) is 35.2 Å². The number of anilines is 2. The lowest BCUT2D eigenvalue weighted by atomic mass is 10.2. The van der Waals surface area contributed by atoms with Crippen LogP contribution in [0.5, 0.6) is 5.75 Å². The van der Waals surface area contributed by atoms with Crippen LogP contribution in [-0.2, 0) is 10.0 Å². The van der Waals surface area contributed by atoms with E-state index in [-0.39, 0.29) is 16.3 Å². The summed E-state index contributed by atoms with van der Waals surface area (Å²) in [4.78, 5) is 6.99. The Balaban J connectivity index is 1.19. The number of likely N-dealkylation sites (tertiary alicyclic amines) is 1. The van der Waals surface area contributed by atoms with Gasteiger partial charge in [0.25, 0.3) is 10.0 Å². The van der Waals surface area contributed by atoms with Crippen molar-refractivity contribution in [2.45, 2.75) is 31.6 Å². The lowest BCUT2D eigenvalue weighted by molar-refractivity contribution is 0.238. The number of aryl methyl sites for hydroxylation is 2. The van der Waals surface area contributed by atoms with Crippen molar-refractivity contribution in [1.29, 1.82) is 0 Å². The molecule has 13 heteroatoms. The lowest BCUT2D eigenvalue weighted by Gasteiger charge is -2.15. The highest BCUT2D eigenvalue weighted by Gasteiger charge is 2.27. The van der Waals surface area contributed by atoms with E-state index in [1.54, 1.807) is 18.4 Å². The number of hydrogen-bond acceptors (Lipinski definition) is 10. The first-order chi connectivity index (χ1) is 18.9. The second kappa shape index (κ2) is 10.2. The zero-order valence-electron chi connectivity index (χ0n) is 21.6. The molecule has 1 aromatic carbocycles. The first kappa shape index (κ1) is 25.1. The van der Waals surface area contributed by atoms with E-state index >= 15 is 0 Å². The third-order valence-corrected chi connectivity index (χ3v) is 8.46. The summed E-state index contributed by atoms with van der Waals surface area (Å²) in [5.74, 6) is 1.43. The first-order valence-electron chi connectivity index (χ1n) is 12.7. The van der Waals surface area contributed by atoms with Crippen molar-refractivity contribution in [3.63, 3.8) is 0 Å². The molecule has 1 saturated heterocycles. The molecule has 0 aliphatic carbocycles. The SMILES string of the molecule is Cc1noc(C)c1S(=O)(=O)n1cc(-c2cccc3nc(Nc4ccc(OCCN5CCCC5)cc4)nn23)cn1. The minimum atomic E-state index is -3.97. The normalized spacial score (nSPS) is 14.3. The van der Waals surface area contributed by atoms with Crippen LogP contribution >= 0.6 is 0 Å². The van der Waals surface area contributed by atoms with Gasteiger partial charge >= 0.3 is 0 Å². The van der Waals surface area contributed by atoms with E-state index in [4.69, 9.17) is 9.26 Å². The van der Waals surface area contributed by atoms with Gasteiger partial charge in [0, 0.05) is 17.8 Å². The summed E-state index contributed by atoms with van der Waals surface area (Å²) in [5, 5.41) is 15.7. The third kappa shape index (κ3) is 4.98. The predicted molar refractivity (Wildman–Crippen MR) is 144 cm³/mol. The monoisotopic (exact) mass is 548 g/mol. The molecule has 39 heavy (non-hydrogen) atoms. The van der Waals surface area contributed by atoms with Crippen LogP contribution in [-0.4, -0.2) is 68.5 Å². The highest BCUT2D eigenvalue weighted by atomic mass is 32.2.